The zero-order valence-corrected chi connectivity index (χ0v) is 11.7. The van der Waals surface area contributed by atoms with E-state index >= 15 is 0 Å². The van der Waals surface area contributed by atoms with Gasteiger partial charge in [0.05, 0.1) is 4.47 Å². The van der Waals surface area contributed by atoms with Gasteiger partial charge in [0.25, 0.3) is 0 Å². The Hall–Kier alpha value is -1.26. The van der Waals surface area contributed by atoms with Crippen LogP contribution in [0, 0.1) is 19.7 Å². The van der Waals surface area contributed by atoms with Crippen LogP contribution < -0.4 is 0 Å². The summed E-state index contributed by atoms with van der Waals surface area (Å²) in [6.45, 7) is 3.68. The number of nitrogens with zero attached hydrogens (tertiary/aromatic N) is 1. The highest BCUT2D eigenvalue weighted by atomic mass is 79.9. The van der Waals surface area contributed by atoms with Gasteiger partial charge in [-0.05, 0) is 41.9 Å². The van der Waals surface area contributed by atoms with E-state index < -0.39 is 11.9 Å². The molecule has 1 atom stereocenters. The first-order chi connectivity index (χ1) is 8.50. The van der Waals surface area contributed by atoms with E-state index in [1.807, 2.05) is 6.92 Å². The minimum Gasteiger partial charge on any atom is -0.383 e. The molecular weight excluding hydrogens is 297 g/mol. The van der Waals surface area contributed by atoms with Crippen LogP contribution in [0.15, 0.2) is 34.8 Å². The molecule has 1 heterocycles. The summed E-state index contributed by atoms with van der Waals surface area (Å²) in [6, 6.07) is 8.46. The van der Waals surface area contributed by atoms with Crippen LogP contribution in [0.2, 0.25) is 0 Å². The van der Waals surface area contributed by atoms with Gasteiger partial charge < -0.3 is 5.11 Å². The number of hydrogen-bond donors (Lipinski definition) is 1. The summed E-state index contributed by atoms with van der Waals surface area (Å²) >= 11 is 3.12. The molecule has 0 spiro atoms. The highest BCUT2D eigenvalue weighted by Gasteiger charge is 2.18. The van der Waals surface area contributed by atoms with Gasteiger partial charge in [-0.25, -0.2) is 4.39 Å². The van der Waals surface area contributed by atoms with Crippen molar-refractivity contribution < 1.29 is 9.50 Å². The lowest BCUT2D eigenvalue weighted by molar-refractivity contribution is 0.213. The lowest BCUT2D eigenvalue weighted by Gasteiger charge is -2.15. The van der Waals surface area contributed by atoms with Crippen molar-refractivity contribution in [2.75, 3.05) is 0 Å². The number of rotatable bonds is 2. The molecule has 0 aliphatic carbocycles. The fourth-order valence-corrected chi connectivity index (χ4v) is 2.27. The van der Waals surface area contributed by atoms with E-state index in [1.165, 1.54) is 0 Å². The van der Waals surface area contributed by atoms with E-state index in [0.29, 0.717) is 15.7 Å². The average Bonchev–Trinajstić information content (AvgIpc) is 2.32. The summed E-state index contributed by atoms with van der Waals surface area (Å²) in [7, 11) is 0. The molecule has 0 bridgehead atoms. The van der Waals surface area contributed by atoms with Crippen LogP contribution in [0.25, 0.3) is 0 Å². The van der Waals surface area contributed by atoms with Crippen molar-refractivity contribution in [3.8, 4) is 0 Å². The van der Waals surface area contributed by atoms with Crippen molar-refractivity contribution in [3.05, 3.63) is 63.1 Å². The zero-order chi connectivity index (χ0) is 13.3. The second-order valence-corrected chi connectivity index (χ2v) is 5.03. The summed E-state index contributed by atoms with van der Waals surface area (Å²) in [5, 5.41) is 10.3. The van der Waals surface area contributed by atoms with Crippen LogP contribution in [0.1, 0.15) is 28.6 Å². The SMILES string of the molecule is Cc1ccc(C(O)c2cccc(Br)c2F)c(C)n1. The third kappa shape index (κ3) is 2.44. The first kappa shape index (κ1) is 13.2. The number of hydrogen-bond acceptors (Lipinski definition) is 2. The van der Waals surface area contributed by atoms with E-state index in [-0.39, 0.29) is 5.56 Å². The van der Waals surface area contributed by atoms with E-state index in [4.69, 9.17) is 0 Å². The quantitative estimate of drug-likeness (QED) is 0.918. The molecule has 0 aliphatic rings. The largest absolute Gasteiger partial charge is 0.383 e. The minimum absolute atomic E-state index is 0.248. The van der Waals surface area contributed by atoms with Crippen molar-refractivity contribution >= 4 is 15.9 Å². The van der Waals surface area contributed by atoms with Crippen LogP contribution in [0.4, 0.5) is 4.39 Å². The molecule has 0 saturated carbocycles. The molecule has 2 aromatic rings. The maximum Gasteiger partial charge on any atom is 0.143 e. The molecule has 94 valence electrons. The van der Waals surface area contributed by atoms with Crippen LogP contribution in [0.3, 0.4) is 0 Å². The number of pyridine rings is 1. The molecule has 0 aliphatic heterocycles. The fraction of sp³-hybridized carbons (Fsp3) is 0.214. The Balaban J connectivity index is 2.48. The molecular formula is C14H13BrFNO. The molecule has 2 nitrogen and oxygen atoms in total. The normalized spacial score (nSPS) is 12.5. The Morgan fingerprint density at radius 2 is 1.89 bits per heavy atom. The molecule has 1 N–H and O–H groups in total. The maximum atomic E-state index is 13.9. The topological polar surface area (TPSA) is 33.1 Å². The summed E-state index contributed by atoms with van der Waals surface area (Å²) in [5.74, 6) is -0.440. The van der Waals surface area contributed by atoms with Crippen molar-refractivity contribution in [1.29, 1.82) is 0 Å². The zero-order valence-electron chi connectivity index (χ0n) is 10.1. The van der Waals surface area contributed by atoms with Gasteiger partial charge in [0.15, 0.2) is 0 Å². The molecule has 0 saturated heterocycles. The number of aliphatic hydroxyl groups excluding tert-OH is 1. The van der Waals surface area contributed by atoms with Gasteiger partial charge in [0.1, 0.15) is 11.9 Å². The van der Waals surface area contributed by atoms with E-state index in [2.05, 4.69) is 20.9 Å². The molecule has 1 aromatic heterocycles. The van der Waals surface area contributed by atoms with Crippen LogP contribution >= 0.6 is 15.9 Å². The number of aromatic nitrogens is 1. The molecule has 1 aromatic carbocycles. The van der Waals surface area contributed by atoms with Gasteiger partial charge in [0.2, 0.25) is 0 Å². The summed E-state index contributed by atoms with van der Waals surface area (Å²) < 4.78 is 14.3. The third-order valence-corrected chi connectivity index (χ3v) is 3.45. The van der Waals surface area contributed by atoms with Crippen molar-refractivity contribution in [1.82, 2.24) is 4.98 Å². The predicted octanol–water partition coefficient (Wildman–Crippen LogP) is 3.68. The number of benzene rings is 1. The van der Waals surface area contributed by atoms with E-state index in [0.717, 1.165) is 5.69 Å². The second-order valence-electron chi connectivity index (χ2n) is 4.17. The monoisotopic (exact) mass is 309 g/mol. The average molecular weight is 310 g/mol. The van der Waals surface area contributed by atoms with Gasteiger partial charge in [-0.3, -0.25) is 4.98 Å². The standard InChI is InChI=1S/C14H13BrFNO/c1-8-6-7-10(9(2)17-8)14(18)11-4-3-5-12(15)13(11)16/h3-7,14,18H,1-2H3. The molecule has 18 heavy (non-hydrogen) atoms. The third-order valence-electron chi connectivity index (χ3n) is 2.84. The number of halogens is 2. The Morgan fingerprint density at radius 3 is 2.56 bits per heavy atom. The van der Waals surface area contributed by atoms with Crippen molar-refractivity contribution in [2.45, 2.75) is 20.0 Å². The van der Waals surface area contributed by atoms with Gasteiger partial charge in [0, 0.05) is 22.5 Å². The molecule has 0 amide bonds. The molecule has 0 fully saturated rings. The minimum atomic E-state index is -1.00. The van der Waals surface area contributed by atoms with Crippen LogP contribution in [0.5, 0.6) is 0 Å². The van der Waals surface area contributed by atoms with Crippen LogP contribution in [-0.2, 0) is 0 Å². The summed E-state index contributed by atoms with van der Waals surface area (Å²) in [6.07, 6.45) is -1.00. The first-order valence-corrected chi connectivity index (χ1v) is 6.36. The predicted molar refractivity (Wildman–Crippen MR) is 71.9 cm³/mol. The lowest BCUT2D eigenvalue weighted by Crippen LogP contribution is -2.06. The van der Waals surface area contributed by atoms with Gasteiger partial charge in [-0.1, -0.05) is 18.2 Å². The highest BCUT2D eigenvalue weighted by molar-refractivity contribution is 9.10. The molecule has 4 heteroatoms. The van der Waals surface area contributed by atoms with E-state index in [1.54, 1.807) is 37.3 Å². The van der Waals surface area contributed by atoms with Gasteiger partial charge in [-0.15, -0.1) is 0 Å². The smallest absolute Gasteiger partial charge is 0.143 e. The van der Waals surface area contributed by atoms with Crippen molar-refractivity contribution in [3.63, 3.8) is 0 Å². The fourth-order valence-electron chi connectivity index (χ4n) is 1.89. The first-order valence-electron chi connectivity index (χ1n) is 5.57. The van der Waals surface area contributed by atoms with Gasteiger partial charge in [-0.2, -0.15) is 0 Å². The molecule has 2 rings (SSSR count). The Labute approximate surface area is 114 Å². The van der Waals surface area contributed by atoms with Gasteiger partial charge >= 0.3 is 0 Å². The highest BCUT2D eigenvalue weighted by Crippen LogP contribution is 2.29. The Kier molecular flexibility index (Phi) is 3.78. The van der Waals surface area contributed by atoms with E-state index in [9.17, 15) is 9.50 Å². The molecule has 1 unspecified atom stereocenters. The summed E-state index contributed by atoms with van der Waals surface area (Å²) in [5.41, 5.74) is 2.45. The summed E-state index contributed by atoms with van der Waals surface area (Å²) in [4.78, 5) is 4.28. The van der Waals surface area contributed by atoms with Crippen molar-refractivity contribution in [2.24, 2.45) is 0 Å². The lowest BCUT2D eigenvalue weighted by atomic mass is 10.00. The van der Waals surface area contributed by atoms with Crippen LogP contribution in [-0.4, -0.2) is 10.1 Å². The Morgan fingerprint density at radius 1 is 1.17 bits per heavy atom. The second kappa shape index (κ2) is 5.16. The molecule has 0 radical (unpaired) electrons. The maximum absolute atomic E-state index is 13.9. The number of aryl methyl sites for hydroxylation is 2. The number of aliphatic hydroxyl groups is 1. The Bertz CT molecular complexity index is 586.